The molecule has 4 heteroatoms. The molecule has 122 valence electrons. The second-order valence-corrected chi connectivity index (χ2v) is 6.94. The van der Waals surface area contributed by atoms with Gasteiger partial charge in [0.05, 0.1) is 0 Å². The highest BCUT2D eigenvalue weighted by Gasteiger charge is 2.09. The van der Waals surface area contributed by atoms with Gasteiger partial charge >= 0.3 is 0 Å². The van der Waals surface area contributed by atoms with E-state index in [1.807, 2.05) is 0 Å². The number of nitrogens with zero attached hydrogens (tertiary/aromatic N) is 1. The third kappa shape index (κ3) is 5.06. The highest BCUT2D eigenvalue weighted by Crippen LogP contribution is 2.21. The Hall–Kier alpha value is -1.36. The lowest BCUT2D eigenvalue weighted by Gasteiger charge is -2.22. The number of hydrogen-bond donors (Lipinski definition) is 2. The van der Waals surface area contributed by atoms with Crippen LogP contribution < -0.4 is 10.6 Å². The van der Waals surface area contributed by atoms with E-state index in [9.17, 15) is 0 Å². The molecule has 0 radical (unpaired) electrons. The van der Waals surface area contributed by atoms with E-state index < -0.39 is 0 Å². The molecule has 3 rings (SSSR count). The molecule has 0 amide bonds. The van der Waals surface area contributed by atoms with Crippen molar-refractivity contribution in [3.63, 3.8) is 0 Å². The lowest BCUT2D eigenvalue weighted by atomic mass is 10.1. The molecule has 3 nitrogen and oxygen atoms in total. The molecule has 0 unspecified atom stereocenters. The molecule has 0 aromatic heterocycles. The fourth-order valence-electron chi connectivity index (χ4n) is 2.98. The maximum absolute atomic E-state index is 3.58. The van der Waals surface area contributed by atoms with Gasteiger partial charge in [0.25, 0.3) is 0 Å². The molecule has 0 atom stereocenters. The molecule has 1 heterocycles. The molecule has 0 bridgehead atoms. The van der Waals surface area contributed by atoms with Gasteiger partial charge < -0.3 is 10.6 Å². The van der Waals surface area contributed by atoms with E-state index in [1.54, 1.807) is 0 Å². The highest BCUT2D eigenvalue weighted by molar-refractivity contribution is 9.10. The monoisotopic (exact) mass is 373 g/mol. The lowest BCUT2D eigenvalue weighted by molar-refractivity contribution is 0.264. The second kappa shape index (κ2) is 8.48. The predicted molar refractivity (Wildman–Crippen MR) is 101 cm³/mol. The van der Waals surface area contributed by atoms with Gasteiger partial charge in [0, 0.05) is 49.4 Å². The van der Waals surface area contributed by atoms with Gasteiger partial charge in [0.1, 0.15) is 0 Å². The minimum Gasteiger partial charge on any atom is -0.385 e. The summed E-state index contributed by atoms with van der Waals surface area (Å²) in [6, 6.07) is 17.2. The van der Waals surface area contributed by atoms with Crippen LogP contribution in [0.25, 0.3) is 0 Å². The van der Waals surface area contributed by atoms with E-state index in [1.165, 1.54) is 16.8 Å². The first-order valence-corrected chi connectivity index (χ1v) is 9.10. The minimum absolute atomic E-state index is 0.904. The Bertz CT molecular complexity index is 615. The maximum Gasteiger partial charge on any atom is 0.0386 e. The molecular weight excluding hydrogens is 350 g/mol. The summed E-state index contributed by atoms with van der Waals surface area (Å²) in [5.74, 6) is 0. The van der Waals surface area contributed by atoms with Crippen molar-refractivity contribution in [2.24, 2.45) is 0 Å². The fourth-order valence-corrected chi connectivity index (χ4v) is 3.39. The third-order valence-electron chi connectivity index (χ3n) is 4.20. The molecule has 0 fully saturated rings. The van der Waals surface area contributed by atoms with E-state index in [2.05, 4.69) is 80.0 Å². The van der Waals surface area contributed by atoms with Crippen molar-refractivity contribution < 1.29 is 0 Å². The van der Waals surface area contributed by atoms with Gasteiger partial charge in [-0.05, 0) is 35.7 Å². The maximum atomic E-state index is 3.58. The number of hydrogen-bond acceptors (Lipinski definition) is 3. The van der Waals surface area contributed by atoms with Crippen molar-refractivity contribution in [3.05, 3.63) is 64.1 Å². The van der Waals surface area contributed by atoms with Crippen LogP contribution in [0, 0.1) is 0 Å². The van der Waals surface area contributed by atoms with E-state index in [-0.39, 0.29) is 0 Å². The zero-order valence-corrected chi connectivity index (χ0v) is 15.0. The van der Waals surface area contributed by atoms with Crippen LogP contribution >= 0.6 is 15.9 Å². The van der Waals surface area contributed by atoms with Gasteiger partial charge in [-0.15, -0.1) is 0 Å². The smallest absolute Gasteiger partial charge is 0.0386 e. The van der Waals surface area contributed by atoms with Crippen molar-refractivity contribution in [3.8, 4) is 0 Å². The summed E-state index contributed by atoms with van der Waals surface area (Å²) < 4.78 is 1.14. The largest absolute Gasteiger partial charge is 0.385 e. The Morgan fingerprint density at radius 2 is 1.87 bits per heavy atom. The van der Waals surface area contributed by atoms with Gasteiger partial charge in [-0.1, -0.05) is 46.3 Å². The number of nitrogens with one attached hydrogen (secondary N) is 2. The van der Waals surface area contributed by atoms with Gasteiger partial charge in [-0.3, -0.25) is 4.90 Å². The Balaban J connectivity index is 1.62. The Morgan fingerprint density at radius 1 is 1.00 bits per heavy atom. The van der Waals surface area contributed by atoms with Crippen LogP contribution in [0.1, 0.15) is 17.5 Å². The number of halogens is 1. The van der Waals surface area contributed by atoms with Crippen LogP contribution in [0.3, 0.4) is 0 Å². The Morgan fingerprint density at radius 3 is 2.74 bits per heavy atom. The van der Waals surface area contributed by atoms with Crippen LogP contribution in [-0.4, -0.2) is 31.1 Å². The lowest BCUT2D eigenvalue weighted by Crippen LogP contribution is -2.32. The zero-order chi connectivity index (χ0) is 15.9. The van der Waals surface area contributed by atoms with Crippen LogP contribution in [0.4, 0.5) is 5.69 Å². The van der Waals surface area contributed by atoms with Gasteiger partial charge in [-0.25, -0.2) is 0 Å². The normalized spacial score (nSPS) is 16.9. The number of benzene rings is 2. The summed E-state index contributed by atoms with van der Waals surface area (Å²) in [5, 5.41) is 7.16. The minimum atomic E-state index is 0.904. The molecule has 2 aromatic carbocycles. The van der Waals surface area contributed by atoms with E-state index >= 15 is 0 Å². The van der Waals surface area contributed by atoms with Crippen molar-refractivity contribution in [2.75, 3.05) is 31.5 Å². The van der Waals surface area contributed by atoms with Gasteiger partial charge in [-0.2, -0.15) is 0 Å². The van der Waals surface area contributed by atoms with Crippen molar-refractivity contribution in [1.82, 2.24) is 10.2 Å². The second-order valence-electron chi connectivity index (χ2n) is 6.02. The summed E-state index contributed by atoms with van der Waals surface area (Å²) in [6.45, 7) is 6.16. The Kier molecular flexibility index (Phi) is 6.08. The first kappa shape index (κ1) is 16.5. The highest BCUT2D eigenvalue weighted by atomic mass is 79.9. The number of rotatable bonds is 2. The van der Waals surface area contributed by atoms with E-state index in [0.717, 1.165) is 50.2 Å². The first-order valence-electron chi connectivity index (χ1n) is 8.30. The molecule has 23 heavy (non-hydrogen) atoms. The quantitative estimate of drug-likeness (QED) is 0.836. The van der Waals surface area contributed by atoms with Crippen molar-refractivity contribution in [2.45, 2.75) is 19.5 Å². The molecule has 0 saturated heterocycles. The summed E-state index contributed by atoms with van der Waals surface area (Å²) in [4.78, 5) is 2.54. The van der Waals surface area contributed by atoms with Gasteiger partial charge in [0.2, 0.25) is 0 Å². The zero-order valence-electron chi connectivity index (χ0n) is 13.4. The van der Waals surface area contributed by atoms with Gasteiger partial charge in [0.15, 0.2) is 0 Å². The molecule has 0 spiro atoms. The summed E-state index contributed by atoms with van der Waals surface area (Å²) in [7, 11) is 0. The first-order chi connectivity index (χ1) is 11.3. The standard InChI is InChI=1S/C19H24BrN3/c20-18-7-8-19-17(13-18)14-21-10-12-23(11-4-9-22-19)15-16-5-2-1-3-6-16/h1-3,5-8,13,21-22H,4,9-12,14-15H2. The molecule has 0 saturated carbocycles. The summed E-state index contributed by atoms with van der Waals surface area (Å²) in [5.41, 5.74) is 3.97. The molecule has 1 aliphatic heterocycles. The molecule has 0 aliphatic carbocycles. The third-order valence-corrected chi connectivity index (χ3v) is 4.70. The Labute approximate surface area is 147 Å². The number of fused-ring (bicyclic) bond motifs is 1. The molecule has 2 N–H and O–H groups in total. The summed E-state index contributed by atoms with van der Waals surface area (Å²) >= 11 is 3.57. The predicted octanol–water partition coefficient (Wildman–Crippen LogP) is 3.86. The number of anilines is 1. The topological polar surface area (TPSA) is 27.3 Å². The van der Waals surface area contributed by atoms with Crippen molar-refractivity contribution in [1.29, 1.82) is 0 Å². The fraction of sp³-hybridized carbons (Fsp3) is 0.368. The average molecular weight is 374 g/mol. The van der Waals surface area contributed by atoms with Crippen molar-refractivity contribution >= 4 is 21.6 Å². The summed E-state index contributed by atoms with van der Waals surface area (Å²) in [6.07, 6.45) is 1.16. The van der Waals surface area contributed by atoms with Crippen LogP contribution in [0.5, 0.6) is 0 Å². The van der Waals surface area contributed by atoms with E-state index in [4.69, 9.17) is 0 Å². The van der Waals surface area contributed by atoms with Crippen LogP contribution in [0.2, 0.25) is 0 Å². The van der Waals surface area contributed by atoms with E-state index in [0.29, 0.717) is 0 Å². The average Bonchev–Trinajstić information content (AvgIpc) is 2.61. The van der Waals surface area contributed by atoms with Crippen LogP contribution in [-0.2, 0) is 13.1 Å². The molecule has 2 aromatic rings. The van der Waals surface area contributed by atoms with Crippen LogP contribution in [0.15, 0.2) is 53.0 Å². The SMILES string of the molecule is Brc1ccc2c(c1)CNCCN(Cc1ccccc1)CCCN2. The molecule has 1 aliphatic rings. The molecular formula is C19H24BrN3.